The van der Waals surface area contributed by atoms with Gasteiger partial charge in [0, 0.05) is 6.54 Å². The monoisotopic (exact) mass is 252 g/mol. The molecule has 0 saturated heterocycles. The summed E-state index contributed by atoms with van der Waals surface area (Å²) in [5.41, 5.74) is 0.853. The topological polar surface area (TPSA) is 55.2 Å². The quantitative estimate of drug-likeness (QED) is 0.657. The molecule has 98 valence electrons. The van der Waals surface area contributed by atoms with Crippen LogP contribution in [-0.2, 0) is 0 Å². The summed E-state index contributed by atoms with van der Waals surface area (Å²) in [5, 5.41) is 14.0. The van der Waals surface area contributed by atoms with Crippen molar-refractivity contribution in [1.29, 1.82) is 0 Å². The van der Waals surface area contributed by atoms with E-state index in [0.717, 1.165) is 18.9 Å². The molecule has 0 radical (unpaired) electrons. The van der Waals surface area contributed by atoms with Gasteiger partial charge in [0.25, 0.3) is 5.69 Å². The van der Waals surface area contributed by atoms with E-state index in [0.29, 0.717) is 17.8 Å². The average Bonchev–Trinajstić information content (AvgIpc) is 2.27. The SMILES string of the molecule is Cc1cc(NCC2(C)CCC2)c([N+](=O)[O-])cc1F. The van der Waals surface area contributed by atoms with Gasteiger partial charge in [-0.15, -0.1) is 0 Å². The molecule has 0 aromatic heterocycles. The molecule has 0 heterocycles. The normalized spacial score (nSPS) is 17.1. The van der Waals surface area contributed by atoms with Crippen LogP contribution in [-0.4, -0.2) is 11.5 Å². The number of nitro groups is 1. The molecule has 0 bridgehead atoms. The molecule has 0 atom stereocenters. The zero-order valence-corrected chi connectivity index (χ0v) is 10.6. The molecule has 0 aliphatic heterocycles. The van der Waals surface area contributed by atoms with Gasteiger partial charge in [-0.25, -0.2) is 4.39 Å². The summed E-state index contributed by atoms with van der Waals surface area (Å²) in [7, 11) is 0. The number of nitrogens with zero attached hydrogens (tertiary/aromatic N) is 1. The Morgan fingerprint density at radius 3 is 2.67 bits per heavy atom. The Balaban J connectivity index is 2.20. The first-order valence-corrected chi connectivity index (χ1v) is 6.10. The van der Waals surface area contributed by atoms with Crippen molar-refractivity contribution in [2.45, 2.75) is 33.1 Å². The third kappa shape index (κ3) is 2.44. The molecule has 18 heavy (non-hydrogen) atoms. The van der Waals surface area contributed by atoms with Crippen LogP contribution < -0.4 is 5.32 Å². The summed E-state index contributed by atoms with van der Waals surface area (Å²) in [4.78, 5) is 10.3. The maximum atomic E-state index is 13.3. The summed E-state index contributed by atoms with van der Waals surface area (Å²) in [6.45, 7) is 4.46. The number of aryl methyl sites for hydroxylation is 1. The predicted molar refractivity (Wildman–Crippen MR) is 68.2 cm³/mol. The molecule has 4 nitrogen and oxygen atoms in total. The van der Waals surface area contributed by atoms with Crippen LogP contribution in [0.1, 0.15) is 31.7 Å². The molecule has 1 fully saturated rings. The second-order valence-electron chi connectivity index (χ2n) is 5.39. The molecule has 0 unspecified atom stereocenters. The lowest BCUT2D eigenvalue weighted by atomic mass is 9.70. The van der Waals surface area contributed by atoms with Crippen molar-refractivity contribution in [3.8, 4) is 0 Å². The highest BCUT2D eigenvalue weighted by atomic mass is 19.1. The van der Waals surface area contributed by atoms with Crippen LogP contribution in [0.5, 0.6) is 0 Å². The van der Waals surface area contributed by atoms with Crippen LogP contribution in [0.4, 0.5) is 15.8 Å². The van der Waals surface area contributed by atoms with Gasteiger partial charge in [-0.1, -0.05) is 13.3 Å². The van der Waals surface area contributed by atoms with E-state index >= 15 is 0 Å². The Morgan fingerprint density at radius 1 is 1.50 bits per heavy atom. The molecule has 1 aromatic carbocycles. The Bertz CT molecular complexity index is 484. The summed E-state index contributed by atoms with van der Waals surface area (Å²) in [6, 6.07) is 2.50. The Labute approximate surface area is 105 Å². The van der Waals surface area contributed by atoms with Crippen LogP contribution >= 0.6 is 0 Å². The fraction of sp³-hybridized carbons (Fsp3) is 0.538. The molecule has 1 N–H and O–H groups in total. The number of nitro benzene ring substituents is 1. The molecular formula is C13H17FN2O2. The molecule has 5 heteroatoms. The molecule has 1 aliphatic carbocycles. The largest absolute Gasteiger partial charge is 0.379 e. The second kappa shape index (κ2) is 4.55. The van der Waals surface area contributed by atoms with Gasteiger partial charge in [0.2, 0.25) is 0 Å². The van der Waals surface area contributed by atoms with Crippen LogP contribution in [0.3, 0.4) is 0 Å². The number of rotatable bonds is 4. The highest BCUT2D eigenvalue weighted by Crippen LogP contribution is 2.40. The van der Waals surface area contributed by atoms with E-state index in [2.05, 4.69) is 12.2 Å². The third-order valence-corrected chi connectivity index (χ3v) is 3.74. The van der Waals surface area contributed by atoms with Crippen molar-refractivity contribution in [3.05, 3.63) is 33.6 Å². The summed E-state index contributed by atoms with van der Waals surface area (Å²) < 4.78 is 13.3. The average molecular weight is 252 g/mol. The van der Waals surface area contributed by atoms with Gasteiger partial charge in [-0.05, 0) is 36.8 Å². The van der Waals surface area contributed by atoms with Crippen LogP contribution in [0, 0.1) is 28.3 Å². The second-order valence-corrected chi connectivity index (χ2v) is 5.39. The summed E-state index contributed by atoms with van der Waals surface area (Å²) in [6.07, 6.45) is 3.48. The van der Waals surface area contributed by atoms with Crippen LogP contribution in [0.15, 0.2) is 12.1 Å². The Hall–Kier alpha value is -1.65. The lowest BCUT2D eigenvalue weighted by Gasteiger charge is -2.38. The molecule has 0 amide bonds. The van der Waals surface area contributed by atoms with Gasteiger partial charge >= 0.3 is 0 Å². The molecule has 0 spiro atoms. The van der Waals surface area contributed by atoms with Gasteiger partial charge in [-0.3, -0.25) is 10.1 Å². The third-order valence-electron chi connectivity index (χ3n) is 3.74. The maximum Gasteiger partial charge on any atom is 0.295 e. The number of hydrogen-bond acceptors (Lipinski definition) is 3. The minimum absolute atomic E-state index is 0.193. The van der Waals surface area contributed by atoms with E-state index in [1.165, 1.54) is 12.5 Å². The minimum Gasteiger partial charge on any atom is -0.379 e. The van der Waals surface area contributed by atoms with Crippen molar-refractivity contribution >= 4 is 11.4 Å². The van der Waals surface area contributed by atoms with Crippen molar-refractivity contribution in [3.63, 3.8) is 0 Å². The standard InChI is InChI=1S/C13H17FN2O2/c1-9-6-11(12(16(17)18)7-10(9)14)15-8-13(2)4-3-5-13/h6-7,15H,3-5,8H2,1-2H3. The number of benzene rings is 1. The first-order valence-electron chi connectivity index (χ1n) is 6.10. The van der Waals surface area contributed by atoms with Crippen LogP contribution in [0.2, 0.25) is 0 Å². The zero-order valence-electron chi connectivity index (χ0n) is 10.6. The van der Waals surface area contributed by atoms with E-state index < -0.39 is 10.7 Å². The highest BCUT2D eigenvalue weighted by Gasteiger charge is 2.32. The minimum atomic E-state index is -0.548. The van der Waals surface area contributed by atoms with Gasteiger partial charge < -0.3 is 5.32 Å². The first kappa shape index (κ1) is 12.8. The van der Waals surface area contributed by atoms with Crippen molar-refractivity contribution in [2.75, 3.05) is 11.9 Å². The fourth-order valence-corrected chi connectivity index (χ4v) is 2.23. The molecule has 1 aromatic rings. The van der Waals surface area contributed by atoms with Crippen LogP contribution in [0.25, 0.3) is 0 Å². The smallest absolute Gasteiger partial charge is 0.295 e. The van der Waals surface area contributed by atoms with Crippen molar-refractivity contribution in [1.82, 2.24) is 0 Å². The number of halogens is 1. The number of anilines is 1. The maximum absolute atomic E-state index is 13.3. The highest BCUT2D eigenvalue weighted by molar-refractivity contribution is 5.63. The van der Waals surface area contributed by atoms with Gasteiger partial charge in [0.15, 0.2) is 0 Å². The summed E-state index contributed by atoms with van der Waals surface area (Å²) in [5.74, 6) is -0.540. The van der Waals surface area contributed by atoms with Crippen molar-refractivity contribution < 1.29 is 9.31 Å². The van der Waals surface area contributed by atoms with E-state index in [4.69, 9.17) is 0 Å². The Morgan fingerprint density at radius 2 is 2.17 bits per heavy atom. The first-order chi connectivity index (χ1) is 8.41. The summed E-state index contributed by atoms with van der Waals surface area (Å²) >= 11 is 0. The van der Waals surface area contributed by atoms with Crippen molar-refractivity contribution in [2.24, 2.45) is 5.41 Å². The number of hydrogen-bond donors (Lipinski definition) is 1. The lowest BCUT2D eigenvalue weighted by molar-refractivity contribution is -0.384. The fourth-order valence-electron chi connectivity index (χ4n) is 2.23. The van der Waals surface area contributed by atoms with E-state index in [9.17, 15) is 14.5 Å². The van der Waals surface area contributed by atoms with E-state index in [1.807, 2.05) is 0 Å². The molecule has 2 rings (SSSR count). The van der Waals surface area contributed by atoms with Gasteiger partial charge in [0.1, 0.15) is 11.5 Å². The zero-order chi connectivity index (χ0) is 13.3. The molecule has 1 aliphatic rings. The van der Waals surface area contributed by atoms with Gasteiger partial charge in [0.05, 0.1) is 11.0 Å². The Kier molecular flexibility index (Phi) is 3.24. The lowest BCUT2D eigenvalue weighted by Crippen LogP contribution is -2.33. The van der Waals surface area contributed by atoms with Gasteiger partial charge in [-0.2, -0.15) is 0 Å². The molecular weight excluding hydrogens is 235 g/mol. The molecule has 1 saturated carbocycles. The predicted octanol–water partition coefficient (Wildman–Crippen LogP) is 3.64. The van der Waals surface area contributed by atoms with E-state index in [-0.39, 0.29) is 11.1 Å². The number of nitrogens with one attached hydrogen (secondary N) is 1. The van der Waals surface area contributed by atoms with E-state index in [1.54, 1.807) is 6.92 Å².